The fourth-order valence-corrected chi connectivity index (χ4v) is 2.28. The third kappa shape index (κ3) is 2.29. The van der Waals surface area contributed by atoms with Crippen molar-refractivity contribution in [2.45, 2.75) is 12.8 Å². The topological polar surface area (TPSA) is 49.4 Å². The average Bonchev–Trinajstić information content (AvgIpc) is 2.84. The van der Waals surface area contributed by atoms with Crippen molar-refractivity contribution in [3.8, 4) is 0 Å². The van der Waals surface area contributed by atoms with Gasteiger partial charge in [0, 0.05) is 18.5 Å². The van der Waals surface area contributed by atoms with Crippen LogP contribution in [0.2, 0.25) is 0 Å². The van der Waals surface area contributed by atoms with E-state index in [0.29, 0.717) is 18.5 Å². The maximum Gasteiger partial charge on any atom is 0.269 e. The van der Waals surface area contributed by atoms with E-state index < -0.39 is 0 Å². The molecule has 1 fully saturated rings. The molecule has 0 unspecified atom stereocenters. The Labute approximate surface area is 111 Å². The molecule has 1 heterocycles. The number of carbonyl (C=O) groups is 2. The molecule has 1 saturated heterocycles. The van der Waals surface area contributed by atoms with Gasteiger partial charge in [-0.25, -0.2) is 0 Å². The van der Waals surface area contributed by atoms with Crippen molar-refractivity contribution in [3.05, 3.63) is 48.0 Å². The average molecular weight is 254 g/mol. The molecule has 2 aromatic carbocycles. The molecule has 0 bridgehead atoms. The second-order valence-electron chi connectivity index (χ2n) is 4.65. The molecular weight excluding hydrogens is 240 g/mol. The van der Waals surface area contributed by atoms with Crippen LogP contribution < -0.4 is 5.43 Å². The van der Waals surface area contributed by atoms with Crippen molar-refractivity contribution in [1.82, 2.24) is 10.4 Å². The minimum absolute atomic E-state index is 0.0193. The van der Waals surface area contributed by atoms with Crippen molar-refractivity contribution in [1.29, 1.82) is 0 Å². The van der Waals surface area contributed by atoms with Crippen LogP contribution in [0.4, 0.5) is 0 Å². The van der Waals surface area contributed by atoms with Gasteiger partial charge in [0.15, 0.2) is 0 Å². The summed E-state index contributed by atoms with van der Waals surface area (Å²) in [6, 6.07) is 13.4. The van der Waals surface area contributed by atoms with Crippen molar-refractivity contribution in [3.63, 3.8) is 0 Å². The molecule has 0 saturated carbocycles. The third-order valence-corrected chi connectivity index (χ3v) is 3.32. The number of hydrazine groups is 1. The normalized spacial score (nSPS) is 14.9. The van der Waals surface area contributed by atoms with Gasteiger partial charge < -0.3 is 0 Å². The molecule has 1 aliphatic heterocycles. The van der Waals surface area contributed by atoms with Crippen LogP contribution in [0.5, 0.6) is 0 Å². The van der Waals surface area contributed by atoms with Crippen molar-refractivity contribution in [2.75, 3.05) is 6.54 Å². The number of hydrogen-bond acceptors (Lipinski definition) is 2. The van der Waals surface area contributed by atoms with Gasteiger partial charge >= 0.3 is 0 Å². The van der Waals surface area contributed by atoms with Crippen LogP contribution in [0.1, 0.15) is 23.2 Å². The first-order valence-electron chi connectivity index (χ1n) is 6.34. The molecule has 4 nitrogen and oxygen atoms in total. The minimum Gasteiger partial charge on any atom is -0.273 e. The second kappa shape index (κ2) is 4.72. The van der Waals surface area contributed by atoms with Crippen LogP contribution in [0.25, 0.3) is 10.8 Å². The summed E-state index contributed by atoms with van der Waals surface area (Å²) in [6.45, 7) is 0.595. The lowest BCUT2D eigenvalue weighted by Crippen LogP contribution is -2.42. The summed E-state index contributed by atoms with van der Waals surface area (Å²) < 4.78 is 0. The highest BCUT2D eigenvalue weighted by molar-refractivity contribution is 5.99. The van der Waals surface area contributed by atoms with E-state index in [4.69, 9.17) is 0 Å². The molecule has 2 amide bonds. The van der Waals surface area contributed by atoms with Gasteiger partial charge in [-0.1, -0.05) is 30.3 Å². The monoisotopic (exact) mass is 254 g/mol. The van der Waals surface area contributed by atoms with Gasteiger partial charge in [0.05, 0.1) is 0 Å². The Kier molecular flexibility index (Phi) is 2.91. The third-order valence-electron chi connectivity index (χ3n) is 3.32. The first-order chi connectivity index (χ1) is 9.24. The van der Waals surface area contributed by atoms with Crippen LogP contribution in [0, 0.1) is 0 Å². The number of amides is 2. The van der Waals surface area contributed by atoms with Gasteiger partial charge in [-0.3, -0.25) is 20.0 Å². The van der Waals surface area contributed by atoms with E-state index in [2.05, 4.69) is 5.43 Å². The van der Waals surface area contributed by atoms with Crippen LogP contribution in [-0.2, 0) is 4.79 Å². The highest BCUT2D eigenvalue weighted by atomic mass is 16.2. The lowest BCUT2D eigenvalue weighted by Gasteiger charge is -2.16. The van der Waals surface area contributed by atoms with Gasteiger partial charge in [0.2, 0.25) is 5.91 Å². The number of carbonyl (C=O) groups excluding carboxylic acids is 2. The molecule has 3 rings (SSSR count). The van der Waals surface area contributed by atoms with Gasteiger partial charge in [-0.05, 0) is 29.3 Å². The Bertz CT molecular complexity index is 651. The number of hydrogen-bond donors (Lipinski definition) is 1. The lowest BCUT2D eigenvalue weighted by molar-refractivity contribution is -0.129. The van der Waals surface area contributed by atoms with Crippen molar-refractivity contribution >= 4 is 22.6 Å². The summed E-state index contributed by atoms with van der Waals surface area (Å²) in [5, 5.41) is 3.51. The second-order valence-corrected chi connectivity index (χ2v) is 4.65. The molecule has 0 spiro atoms. The highest BCUT2D eigenvalue weighted by Gasteiger charge is 2.22. The summed E-state index contributed by atoms with van der Waals surface area (Å²) >= 11 is 0. The fraction of sp³-hybridized carbons (Fsp3) is 0.200. The first kappa shape index (κ1) is 11.7. The maximum atomic E-state index is 12.1. The lowest BCUT2D eigenvalue weighted by atomic mass is 10.1. The first-order valence-corrected chi connectivity index (χ1v) is 6.34. The predicted molar refractivity (Wildman–Crippen MR) is 72.4 cm³/mol. The summed E-state index contributed by atoms with van der Waals surface area (Å²) in [4.78, 5) is 23.5. The molecule has 19 heavy (non-hydrogen) atoms. The maximum absolute atomic E-state index is 12.1. The van der Waals surface area contributed by atoms with Gasteiger partial charge in [-0.15, -0.1) is 0 Å². The van der Waals surface area contributed by atoms with Crippen LogP contribution >= 0.6 is 0 Å². The molecule has 0 radical (unpaired) electrons. The SMILES string of the molecule is O=C(NN1CCCC1=O)c1ccc2ccccc2c1. The quantitative estimate of drug-likeness (QED) is 0.892. The molecule has 0 atom stereocenters. The summed E-state index contributed by atoms with van der Waals surface area (Å²) in [5.74, 6) is -0.254. The molecule has 1 aliphatic rings. The Morgan fingerprint density at radius 1 is 1.11 bits per heavy atom. The molecule has 0 aromatic heterocycles. The van der Waals surface area contributed by atoms with E-state index >= 15 is 0 Å². The molecule has 96 valence electrons. The number of rotatable bonds is 2. The van der Waals surface area contributed by atoms with E-state index in [0.717, 1.165) is 17.2 Å². The number of fused-ring (bicyclic) bond motifs is 1. The molecule has 2 aromatic rings. The number of nitrogens with one attached hydrogen (secondary N) is 1. The summed E-state index contributed by atoms with van der Waals surface area (Å²) in [5.41, 5.74) is 3.22. The van der Waals surface area contributed by atoms with E-state index in [1.807, 2.05) is 36.4 Å². The Morgan fingerprint density at radius 3 is 2.63 bits per heavy atom. The molecule has 4 heteroatoms. The van der Waals surface area contributed by atoms with E-state index in [9.17, 15) is 9.59 Å². The Balaban J connectivity index is 1.83. The van der Waals surface area contributed by atoms with Crippen LogP contribution in [0.3, 0.4) is 0 Å². The van der Waals surface area contributed by atoms with Crippen LogP contribution in [-0.4, -0.2) is 23.4 Å². The Hall–Kier alpha value is -2.36. The van der Waals surface area contributed by atoms with Crippen molar-refractivity contribution in [2.24, 2.45) is 0 Å². The molecule has 1 N–H and O–H groups in total. The Morgan fingerprint density at radius 2 is 1.89 bits per heavy atom. The fourth-order valence-electron chi connectivity index (χ4n) is 2.28. The number of nitrogens with zero attached hydrogens (tertiary/aromatic N) is 1. The number of benzene rings is 2. The van der Waals surface area contributed by atoms with Gasteiger partial charge in [0.1, 0.15) is 0 Å². The predicted octanol–water partition coefficient (Wildman–Crippen LogP) is 2.11. The zero-order valence-electron chi connectivity index (χ0n) is 10.4. The molecular formula is C15H14N2O2. The summed E-state index contributed by atoms with van der Waals surface area (Å²) in [6.07, 6.45) is 1.31. The largest absolute Gasteiger partial charge is 0.273 e. The van der Waals surface area contributed by atoms with E-state index in [1.54, 1.807) is 6.07 Å². The molecule has 0 aliphatic carbocycles. The van der Waals surface area contributed by atoms with Crippen LogP contribution in [0.15, 0.2) is 42.5 Å². The zero-order valence-corrected chi connectivity index (χ0v) is 10.4. The van der Waals surface area contributed by atoms with Crippen molar-refractivity contribution < 1.29 is 9.59 Å². The van der Waals surface area contributed by atoms with Gasteiger partial charge in [-0.2, -0.15) is 0 Å². The highest BCUT2D eigenvalue weighted by Crippen LogP contribution is 2.16. The summed E-state index contributed by atoms with van der Waals surface area (Å²) in [7, 11) is 0. The zero-order chi connectivity index (χ0) is 13.2. The van der Waals surface area contributed by atoms with E-state index in [-0.39, 0.29) is 11.8 Å². The standard InChI is InChI=1S/C15H14N2O2/c18-14-6-3-9-17(14)16-15(19)13-8-7-11-4-1-2-5-12(11)10-13/h1-2,4-5,7-8,10H,3,6,9H2,(H,16,19). The van der Waals surface area contributed by atoms with E-state index in [1.165, 1.54) is 5.01 Å². The minimum atomic E-state index is -0.235. The smallest absolute Gasteiger partial charge is 0.269 e. The van der Waals surface area contributed by atoms with Gasteiger partial charge in [0.25, 0.3) is 5.91 Å².